The molecule has 0 bridgehead atoms. The second-order valence-electron chi connectivity index (χ2n) is 3.11. The van der Waals surface area contributed by atoms with Gasteiger partial charge in [0.05, 0.1) is 4.90 Å². The number of ether oxygens (including phenoxy) is 1. The van der Waals surface area contributed by atoms with Crippen LogP contribution in [0.15, 0.2) is 59.5 Å². The van der Waals surface area contributed by atoms with Crippen molar-refractivity contribution in [3.8, 4) is 11.5 Å². The van der Waals surface area contributed by atoms with Gasteiger partial charge in [0.1, 0.15) is 21.5 Å². The molecule has 0 aliphatic rings. The molecule has 2 nitrogen and oxygen atoms in total. The van der Waals surface area contributed by atoms with Crippen LogP contribution in [0.4, 0.5) is 0 Å². The van der Waals surface area contributed by atoms with Gasteiger partial charge in [-0.3, -0.25) is 0 Å². The second kappa shape index (κ2) is 5.14. The molecular weight excluding hydrogens is 244 g/mol. The first-order chi connectivity index (χ1) is 7.75. The van der Waals surface area contributed by atoms with Gasteiger partial charge in [-0.15, -0.1) is 0 Å². The molecule has 0 spiro atoms. The molecule has 0 aromatic heterocycles. The zero-order valence-corrected chi connectivity index (χ0v) is 9.87. The third-order valence-electron chi connectivity index (χ3n) is 1.97. The molecule has 0 N–H and O–H groups in total. The summed E-state index contributed by atoms with van der Waals surface area (Å²) in [6, 6.07) is 16.3. The Hall–Kier alpha value is -1.32. The second-order valence-corrected chi connectivity index (χ2v) is 4.87. The van der Waals surface area contributed by atoms with Crippen molar-refractivity contribution in [3.05, 3.63) is 54.6 Å². The summed E-state index contributed by atoms with van der Waals surface area (Å²) in [5, 5.41) is 0. The van der Waals surface area contributed by atoms with Gasteiger partial charge in [0.15, 0.2) is 0 Å². The van der Waals surface area contributed by atoms with Gasteiger partial charge in [0, 0.05) is 0 Å². The van der Waals surface area contributed by atoms with Crippen molar-refractivity contribution in [1.82, 2.24) is 0 Å². The maximum Gasteiger partial charge on any atom is 0.147 e. The van der Waals surface area contributed by atoms with E-state index in [1.165, 1.54) is 0 Å². The molecule has 0 fully saturated rings. The predicted octanol–water partition coefficient (Wildman–Crippen LogP) is 3.74. The van der Waals surface area contributed by atoms with Crippen LogP contribution in [-0.2, 0) is 10.0 Å². The fourth-order valence-electron chi connectivity index (χ4n) is 1.26. The first-order valence-corrected chi connectivity index (χ1v) is 6.64. The smallest absolute Gasteiger partial charge is 0.147 e. The summed E-state index contributed by atoms with van der Waals surface area (Å²) in [6.45, 7) is 0. The Kier molecular flexibility index (Phi) is 3.59. The van der Waals surface area contributed by atoms with Crippen LogP contribution in [0.5, 0.6) is 11.5 Å². The molecule has 0 heterocycles. The van der Waals surface area contributed by atoms with Crippen molar-refractivity contribution in [2.75, 3.05) is 0 Å². The van der Waals surface area contributed by atoms with Gasteiger partial charge in [0.25, 0.3) is 0 Å². The summed E-state index contributed by atoms with van der Waals surface area (Å²) in [4.78, 5) is 0.537. The van der Waals surface area contributed by atoms with Crippen LogP contribution in [0.1, 0.15) is 0 Å². The van der Waals surface area contributed by atoms with Crippen LogP contribution in [0, 0.1) is 0 Å². The van der Waals surface area contributed by atoms with E-state index >= 15 is 0 Å². The van der Waals surface area contributed by atoms with E-state index in [0.29, 0.717) is 10.6 Å². The Morgan fingerprint density at radius 1 is 0.938 bits per heavy atom. The monoisotopic (exact) mass is 252 g/mol. The van der Waals surface area contributed by atoms with Gasteiger partial charge in [-0.2, -0.15) is 0 Å². The molecule has 1 atom stereocenters. The zero-order valence-electron chi connectivity index (χ0n) is 8.30. The third kappa shape index (κ3) is 2.84. The Labute approximate surface area is 101 Å². The molecule has 16 heavy (non-hydrogen) atoms. The van der Waals surface area contributed by atoms with E-state index in [1.807, 2.05) is 30.3 Å². The van der Waals surface area contributed by atoms with E-state index in [4.69, 9.17) is 15.4 Å². The molecule has 0 saturated carbocycles. The van der Waals surface area contributed by atoms with Crippen molar-refractivity contribution in [3.63, 3.8) is 0 Å². The fourth-order valence-corrected chi connectivity index (χ4v) is 1.94. The molecule has 2 rings (SSSR count). The van der Waals surface area contributed by atoms with Crippen LogP contribution < -0.4 is 4.74 Å². The van der Waals surface area contributed by atoms with Crippen LogP contribution in [0.2, 0.25) is 0 Å². The Morgan fingerprint density at radius 3 is 2.31 bits per heavy atom. The average molecular weight is 253 g/mol. The molecule has 0 aliphatic carbocycles. The SMILES string of the molecule is O=S(Cl)c1cccc(Oc2ccccc2)c1. The van der Waals surface area contributed by atoms with Crippen LogP contribution in [-0.4, -0.2) is 4.21 Å². The number of benzene rings is 2. The molecule has 2 aromatic rings. The van der Waals surface area contributed by atoms with Gasteiger partial charge >= 0.3 is 0 Å². The van der Waals surface area contributed by atoms with Crippen molar-refractivity contribution in [2.45, 2.75) is 4.90 Å². The van der Waals surface area contributed by atoms with Gasteiger partial charge in [-0.1, -0.05) is 24.3 Å². The number of para-hydroxylation sites is 1. The van der Waals surface area contributed by atoms with Gasteiger partial charge in [0.2, 0.25) is 0 Å². The highest BCUT2D eigenvalue weighted by atomic mass is 35.7. The number of halogens is 1. The van der Waals surface area contributed by atoms with E-state index in [2.05, 4.69) is 0 Å². The molecule has 0 amide bonds. The molecular formula is C12H9ClO2S. The van der Waals surface area contributed by atoms with Crippen molar-refractivity contribution in [2.24, 2.45) is 0 Å². The molecule has 0 aliphatic heterocycles. The quantitative estimate of drug-likeness (QED) is 0.778. The molecule has 1 unspecified atom stereocenters. The minimum absolute atomic E-state index is 0.537. The highest BCUT2D eigenvalue weighted by molar-refractivity contribution is 8.08. The lowest BCUT2D eigenvalue weighted by molar-refractivity contribution is 0.481. The lowest BCUT2D eigenvalue weighted by Crippen LogP contribution is -1.86. The third-order valence-corrected chi connectivity index (χ3v) is 3.13. The molecule has 2 aromatic carbocycles. The standard InChI is InChI=1S/C12H9ClO2S/c13-16(14)12-8-4-7-11(9-12)15-10-5-2-1-3-6-10/h1-9H. The largest absolute Gasteiger partial charge is 0.457 e. The highest BCUT2D eigenvalue weighted by Gasteiger charge is 2.02. The fraction of sp³-hybridized carbons (Fsp3) is 0. The minimum Gasteiger partial charge on any atom is -0.457 e. The summed E-state index contributed by atoms with van der Waals surface area (Å²) in [5.74, 6) is 1.36. The summed E-state index contributed by atoms with van der Waals surface area (Å²) in [6.07, 6.45) is 0. The zero-order chi connectivity index (χ0) is 11.4. The van der Waals surface area contributed by atoms with E-state index < -0.39 is 10.0 Å². The first-order valence-electron chi connectivity index (χ1n) is 4.67. The first kappa shape index (κ1) is 11.2. The number of hydrogen-bond donors (Lipinski definition) is 0. The van der Waals surface area contributed by atoms with E-state index in [-0.39, 0.29) is 0 Å². The van der Waals surface area contributed by atoms with Crippen molar-refractivity contribution < 1.29 is 8.95 Å². The minimum atomic E-state index is -1.51. The van der Waals surface area contributed by atoms with Crippen LogP contribution in [0.3, 0.4) is 0 Å². The molecule has 0 radical (unpaired) electrons. The van der Waals surface area contributed by atoms with Crippen molar-refractivity contribution >= 4 is 20.7 Å². The van der Waals surface area contributed by atoms with E-state index in [9.17, 15) is 4.21 Å². The number of rotatable bonds is 3. The lowest BCUT2D eigenvalue weighted by atomic mass is 10.3. The number of hydrogen-bond acceptors (Lipinski definition) is 2. The highest BCUT2D eigenvalue weighted by Crippen LogP contribution is 2.23. The Bertz CT molecular complexity index is 499. The summed E-state index contributed by atoms with van der Waals surface area (Å²) < 4.78 is 16.6. The molecule has 0 saturated heterocycles. The normalized spacial score (nSPS) is 12.1. The predicted molar refractivity (Wildman–Crippen MR) is 65.2 cm³/mol. The van der Waals surface area contributed by atoms with Gasteiger partial charge in [-0.05, 0) is 41.0 Å². The van der Waals surface area contributed by atoms with Crippen LogP contribution in [0.25, 0.3) is 0 Å². The van der Waals surface area contributed by atoms with Crippen molar-refractivity contribution in [1.29, 1.82) is 0 Å². The summed E-state index contributed by atoms with van der Waals surface area (Å²) in [5.41, 5.74) is 0. The summed E-state index contributed by atoms with van der Waals surface area (Å²) in [7, 11) is 3.99. The average Bonchev–Trinajstić information content (AvgIpc) is 2.30. The molecule has 4 heteroatoms. The van der Waals surface area contributed by atoms with Crippen LogP contribution >= 0.6 is 10.7 Å². The summed E-state index contributed by atoms with van der Waals surface area (Å²) >= 11 is 0. The van der Waals surface area contributed by atoms with Gasteiger partial charge in [-0.25, -0.2) is 4.21 Å². The maximum atomic E-state index is 11.1. The van der Waals surface area contributed by atoms with Gasteiger partial charge < -0.3 is 4.74 Å². The molecule has 82 valence electrons. The topological polar surface area (TPSA) is 26.3 Å². The van der Waals surface area contributed by atoms with E-state index in [0.717, 1.165) is 5.75 Å². The maximum absolute atomic E-state index is 11.1. The Balaban J connectivity index is 2.22. The Morgan fingerprint density at radius 2 is 1.62 bits per heavy atom. The van der Waals surface area contributed by atoms with E-state index in [1.54, 1.807) is 24.3 Å². The lowest BCUT2D eigenvalue weighted by Gasteiger charge is -2.05.